The molecule has 0 bridgehead atoms. The molecular formula is C11H22F3NO3S. The Balaban J connectivity index is 4.10. The lowest BCUT2D eigenvalue weighted by Crippen LogP contribution is -2.37. The van der Waals surface area contributed by atoms with Crippen LogP contribution in [0.2, 0.25) is 0 Å². The summed E-state index contributed by atoms with van der Waals surface area (Å²) < 4.78 is 60.7. The fourth-order valence-electron chi connectivity index (χ4n) is 1.75. The Morgan fingerprint density at radius 2 is 1.74 bits per heavy atom. The fourth-order valence-corrected chi connectivity index (χ4v) is 2.84. The number of hydrogen-bond acceptors (Lipinski definition) is 3. The molecule has 0 aliphatic heterocycles. The number of aliphatic hydroxyl groups is 1. The van der Waals surface area contributed by atoms with Gasteiger partial charge in [0.1, 0.15) is 0 Å². The van der Waals surface area contributed by atoms with E-state index in [4.69, 9.17) is 0 Å². The summed E-state index contributed by atoms with van der Waals surface area (Å²) in [5, 5.41) is 9.72. The molecule has 0 saturated carbocycles. The average molecular weight is 305 g/mol. The predicted octanol–water partition coefficient (Wildman–Crippen LogP) is 2.05. The SMILES string of the molecule is CCC(CC)C(O)CNS(=O)(=O)CCCC(F)(F)F. The summed E-state index contributed by atoms with van der Waals surface area (Å²) in [4.78, 5) is 0. The third-order valence-corrected chi connectivity index (χ3v) is 4.41. The molecule has 8 heteroatoms. The molecule has 0 aliphatic rings. The summed E-state index contributed by atoms with van der Waals surface area (Å²) in [5.74, 6) is -0.597. The van der Waals surface area contributed by atoms with E-state index in [1.54, 1.807) is 0 Å². The van der Waals surface area contributed by atoms with Gasteiger partial charge in [0.15, 0.2) is 0 Å². The second-order valence-electron chi connectivity index (χ2n) is 4.53. The van der Waals surface area contributed by atoms with Crippen LogP contribution in [-0.2, 0) is 10.0 Å². The maximum atomic E-state index is 11.9. The highest BCUT2D eigenvalue weighted by molar-refractivity contribution is 7.89. The van der Waals surface area contributed by atoms with Crippen molar-refractivity contribution in [2.45, 2.75) is 51.8 Å². The molecule has 19 heavy (non-hydrogen) atoms. The van der Waals surface area contributed by atoms with E-state index in [1.807, 2.05) is 13.8 Å². The molecule has 0 fully saturated rings. The minimum absolute atomic E-state index is 0.0159. The predicted molar refractivity (Wildman–Crippen MR) is 67.2 cm³/mol. The largest absolute Gasteiger partial charge is 0.391 e. The number of sulfonamides is 1. The topological polar surface area (TPSA) is 66.4 Å². The van der Waals surface area contributed by atoms with Gasteiger partial charge in [-0.05, 0) is 12.3 Å². The summed E-state index contributed by atoms with van der Waals surface area (Å²) in [6.45, 7) is 3.62. The van der Waals surface area contributed by atoms with Crippen LogP contribution in [0, 0.1) is 5.92 Å². The molecule has 0 heterocycles. The van der Waals surface area contributed by atoms with Crippen molar-refractivity contribution in [1.82, 2.24) is 4.72 Å². The molecule has 0 spiro atoms. The number of halogens is 3. The van der Waals surface area contributed by atoms with Crippen LogP contribution in [0.15, 0.2) is 0 Å². The normalized spacial score (nSPS) is 14.9. The van der Waals surface area contributed by atoms with Crippen LogP contribution in [0.1, 0.15) is 39.5 Å². The molecule has 2 N–H and O–H groups in total. The van der Waals surface area contributed by atoms with Crippen LogP contribution in [-0.4, -0.2) is 38.1 Å². The lowest BCUT2D eigenvalue weighted by atomic mass is 9.97. The second kappa shape index (κ2) is 8.06. The van der Waals surface area contributed by atoms with Gasteiger partial charge in [0, 0.05) is 13.0 Å². The summed E-state index contributed by atoms with van der Waals surface area (Å²) >= 11 is 0. The van der Waals surface area contributed by atoms with Crippen LogP contribution in [0.4, 0.5) is 13.2 Å². The summed E-state index contributed by atoms with van der Waals surface area (Å²) in [6.07, 6.45) is -5.32. The van der Waals surface area contributed by atoms with Crippen LogP contribution in [0.25, 0.3) is 0 Å². The van der Waals surface area contributed by atoms with Crippen molar-refractivity contribution in [2.75, 3.05) is 12.3 Å². The smallest absolute Gasteiger partial charge is 0.389 e. The average Bonchev–Trinajstić information content (AvgIpc) is 2.26. The van der Waals surface area contributed by atoms with E-state index in [-0.39, 0.29) is 12.5 Å². The molecule has 0 amide bonds. The monoisotopic (exact) mass is 305 g/mol. The van der Waals surface area contributed by atoms with E-state index in [1.165, 1.54) is 0 Å². The first-order valence-electron chi connectivity index (χ1n) is 6.33. The summed E-state index contributed by atoms with van der Waals surface area (Å²) in [5.41, 5.74) is 0. The molecule has 116 valence electrons. The summed E-state index contributed by atoms with van der Waals surface area (Å²) in [6, 6.07) is 0. The van der Waals surface area contributed by atoms with Gasteiger partial charge in [-0.15, -0.1) is 0 Å². The molecule has 1 atom stereocenters. The fraction of sp³-hybridized carbons (Fsp3) is 1.00. The maximum Gasteiger partial charge on any atom is 0.389 e. The van der Waals surface area contributed by atoms with Crippen molar-refractivity contribution in [2.24, 2.45) is 5.92 Å². The van der Waals surface area contributed by atoms with E-state index in [0.29, 0.717) is 12.8 Å². The lowest BCUT2D eigenvalue weighted by molar-refractivity contribution is -0.134. The zero-order valence-corrected chi connectivity index (χ0v) is 12.0. The molecule has 0 aromatic carbocycles. The van der Waals surface area contributed by atoms with Gasteiger partial charge in [0.05, 0.1) is 11.9 Å². The Hall–Kier alpha value is -0.340. The minimum atomic E-state index is -4.34. The zero-order chi connectivity index (χ0) is 15.1. The van der Waals surface area contributed by atoms with Gasteiger partial charge < -0.3 is 5.11 Å². The third-order valence-electron chi connectivity index (χ3n) is 2.98. The Labute approximate surface area is 112 Å². The van der Waals surface area contributed by atoms with Gasteiger partial charge in [-0.25, -0.2) is 13.1 Å². The standard InChI is InChI=1S/C11H22F3NO3S/c1-3-9(4-2)10(16)8-15-19(17,18)7-5-6-11(12,13)14/h9-10,15-16H,3-8H2,1-2H3. The quantitative estimate of drug-likeness (QED) is 0.685. The van der Waals surface area contributed by atoms with E-state index in [2.05, 4.69) is 4.72 Å². The number of hydrogen-bond donors (Lipinski definition) is 2. The molecule has 0 aliphatic carbocycles. The highest BCUT2D eigenvalue weighted by Crippen LogP contribution is 2.21. The van der Waals surface area contributed by atoms with Gasteiger partial charge in [-0.1, -0.05) is 26.7 Å². The highest BCUT2D eigenvalue weighted by Gasteiger charge is 2.27. The number of alkyl halides is 3. The van der Waals surface area contributed by atoms with E-state index >= 15 is 0 Å². The first-order valence-corrected chi connectivity index (χ1v) is 7.98. The van der Waals surface area contributed by atoms with Gasteiger partial charge in [0.2, 0.25) is 10.0 Å². The molecule has 0 rings (SSSR count). The Morgan fingerprint density at radius 1 is 1.21 bits per heavy atom. The molecule has 1 unspecified atom stereocenters. The van der Waals surface area contributed by atoms with Crippen LogP contribution >= 0.6 is 0 Å². The van der Waals surface area contributed by atoms with Crippen molar-refractivity contribution in [3.8, 4) is 0 Å². The minimum Gasteiger partial charge on any atom is -0.391 e. The molecule has 0 aromatic rings. The van der Waals surface area contributed by atoms with Crippen molar-refractivity contribution in [1.29, 1.82) is 0 Å². The number of nitrogens with one attached hydrogen (secondary N) is 1. The van der Waals surface area contributed by atoms with E-state index in [0.717, 1.165) is 0 Å². The number of aliphatic hydroxyl groups excluding tert-OH is 1. The Morgan fingerprint density at radius 3 is 2.16 bits per heavy atom. The van der Waals surface area contributed by atoms with E-state index < -0.39 is 40.9 Å². The molecule has 0 aromatic heterocycles. The Kier molecular flexibility index (Phi) is 7.92. The van der Waals surface area contributed by atoms with Gasteiger partial charge in [0.25, 0.3) is 0 Å². The van der Waals surface area contributed by atoms with Crippen molar-refractivity contribution >= 4 is 10.0 Å². The Bertz CT molecular complexity index is 340. The lowest BCUT2D eigenvalue weighted by Gasteiger charge is -2.20. The first kappa shape index (κ1) is 18.7. The van der Waals surface area contributed by atoms with Crippen LogP contribution < -0.4 is 4.72 Å². The van der Waals surface area contributed by atoms with Gasteiger partial charge >= 0.3 is 6.18 Å². The molecular weight excluding hydrogens is 283 g/mol. The van der Waals surface area contributed by atoms with Crippen LogP contribution in [0.3, 0.4) is 0 Å². The van der Waals surface area contributed by atoms with Gasteiger partial charge in [-0.2, -0.15) is 13.2 Å². The van der Waals surface area contributed by atoms with Gasteiger partial charge in [-0.3, -0.25) is 0 Å². The second-order valence-corrected chi connectivity index (χ2v) is 6.46. The molecule has 4 nitrogen and oxygen atoms in total. The van der Waals surface area contributed by atoms with Crippen LogP contribution in [0.5, 0.6) is 0 Å². The number of rotatable bonds is 9. The summed E-state index contributed by atoms with van der Waals surface area (Å²) in [7, 11) is -3.76. The third kappa shape index (κ3) is 9.23. The molecule has 0 saturated heterocycles. The maximum absolute atomic E-state index is 11.9. The van der Waals surface area contributed by atoms with E-state index in [9.17, 15) is 26.7 Å². The molecule has 0 radical (unpaired) electrons. The first-order chi connectivity index (χ1) is 8.61. The zero-order valence-electron chi connectivity index (χ0n) is 11.2. The van der Waals surface area contributed by atoms with Crippen molar-refractivity contribution in [3.63, 3.8) is 0 Å². The van der Waals surface area contributed by atoms with Crippen molar-refractivity contribution < 1.29 is 26.7 Å². The highest BCUT2D eigenvalue weighted by atomic mass is 32.2. The van der Waals surface area contributed by atoms with Crippen molar-refractivity contribution in [3.05, 3.63) is 0 Å².